The lowest BCUT2D eigenvalue weighted by molar-refractivity contribution is 0.262. The minimum absolute atomic E-state index is 0.329. The molecular formula is C25H30N6O2Si. The van der Waals surface area contributed by atoms with Gasteiger partial charge in [-0.15, -0.1) is 0 Å². The Labute approximate surface area is 200 Å². The molecule has 0 saturated heterocycles. The smallest absolute Gasteiger partial charge is 0.324 e. The fourth-order valence-corrected chi connectivity index (χ4v) is 4.29. The number of hydrogen-bond acceptors (Lipinski definition) is 4. The van der Waals surface area contributed by atoms with Gasteiger partial charge in [0.25, 0.3) is 0 Å². The highest BCUT2D eigenvalue weighted by atomic mass is 28.3. The molecule has 8 nitrogen and oxygen atoms in total. The van der Waals surface area contributed by atoms with Gasteiger partial charge in [-0.3, -0.25) is 5.32 Å². The second kappa shape index (κ2) is 9.96. The number of hydrogen-bond donors (Lipinski definition) is 2. The van der Waals surface area contributed by atoms with Crippen LogP contribution in [0.3, 0.4) is 0 Å². The molecule has 176 valence electrons. The number of imidazole rings is 1. The van der Waals surface area contributed by atoms with Crippen molar-refractivity contribution in [2.45, 2.75) is 33.1 Å². The summed E-state index contributed by atoms with van der Waals surface area (Å²) in [5.41, 5.74) is 2.75. The molecule has 2 amide bonds. The molecule has 2 heterocycles. The maximum Gasteiger partial charge on any atom is 0.324 e. The highest BCUT2D eigenvalue weighted by molar-refractivity contribution is 6.88. The summed E-state index contributed by atoms with van der Waals surface area (Å²) in [6, 6.07) is 17.0. The van der Waals surface area contributed by atoms with Crippen LogP contribution in [-0.4, -0.2) is 40.0 Å². The number of nitrogens with one attached hydrogen (secondary N) is 2. The van der Waals surface area contributed by atoms with Crippen molar-refractivity contribution >= 4 is 30.9 Å². The van der Waals surface area contributed by atoms with E-state index in [-0.39, 0.29) is 6.03 Å². The summed E-state index contributed by atoms with van der Waals surface area (Å²) in [7, 11) is -1.67. The number of urea groups is 1. The van der Waals surface area contributed by atoms with Gasteiger partial charge in [0.1, 0.15) is 26.2 Å². The Morgan fingerprint density at radius 3 is 2.41 bits per heavy atom. The number of anilines is 2. The Morgan fingerprint density at radius 2 is 1.76 bits per heavy atom. The third kappa shape index (κ3) is 5.93. The van der Waals surface area contributed by atoms with Gasteiger partial charge < -0.3 is 14.6 Å². The Kier molecular flexibility index (Phi) is 6.83. The van der Waals surface area contributed by atoms with Crippen molar-refractivity contribution in [3.8, 4) is 11.4 Å². The average molecular weight is 475 g/mol. The van der Waals surface area contributed by atoms with Gasteiger partial charge in [-0.1, -0.05) is 37.3 Å². The SMILES string of the molecule is Cc1ccc(-n2nc([Si](C)(C)C)cc2NC(=O)Nc2ccc(OCCn3ccnc3)cc2)cc1. The van der Waals surface area contributed by atoms with Crippen molar-refractivity contribution in [2.75, 3.05) is 17.2 Å². The van der Waals surface area contributed by atoms with Crippen LogP contribution in [0.4, 0.5) is 16.3 Å². The van der Waals surface area contributed by atoms with Crippen molar-refractivity contribution in [2.24, 2.45) is 0 Å². The lowest BCUT2D eigenvalue weighted by atomic mass is 10.2. The van der Waals surface area contributed by atoms with E-state index in [0.717, 1.165) is 23.3 Å². The molecule has 2 aromatic carbocycles. The van der Waals surface area contributed by atoms with Crippen molar-refractivity contribution in [1.29, 1.82) is 0 Å². The fourth-order valence-electron chi connectivity index (χ4n) is 3.32. The summed E-state index contributed by atoms with van der Waals surface area (Å²) in [5.74, 6) is 1.38. The van der Waals surface area contributed by atoms with Gasteiger partial charge in [0.15, 0.2) is 0 Å². The van der Waals surface area contributed by atoms with Gasteiger partial charge >= 0.3 is 6.03 Å². The highest BCUT2D eigenvalue weighted by Crippen LogP contribution is 2.19. The summed E-state index contributed by atoms with van der Waals surface area (Å²) in [5, 5.41) is 11.7. The maximum atomic E-state index is 12.8. The molecule has 0 aliphatic heterocycles. The molecule has 0 aliphatic carbocycles. The minimum Gasteiger partial charge on any atom is -0.492 e. The topological polar surface area (TPSA) is 86.0 Å². The van der Waals surface area contributed by atoms with Crippen LogP contribution in [0.1, 0.15) is 5.56 Å². The number of aromatic nitrogens is 4. The Balaban J connectivity index is 1.41. The third-order valence-electron chi connectivity index (χ3n) is 5.29. The zero-order valence-electron chi connectivity index (χ0n) is 19.9. The van der Waals surface area contributed by atoms with Crippen LogP contribution >= 0.6 is 0 Å². The van der Waals surface area contributed by atoms with E-state index < -0.39 is 8.07 Å². The molecule has 4 rings (SSSR count). The molecule has 0 radical (unpaired) electrons. The van der Waals surface area contributed by atoms with Crippen LogP contribution < -0.4 is 20.7 Å². The number of aryl methyl sites for hydroxylation is 1. The van der Waals surface area contributed by atoms with E-state index >= 15 is 0 Å². The van der Waals surface area contributed by atoms with Crippen molar-refractivity contribution in [1.82, 2.24) is 19.3 Å². The first kappa shape index (κ1) is 23.3. The monoisotopic (exact) mass is 474 g/mol. The lowest BCUT2D eigenvalue weighted by Crippen LogP contribution is -2.39. The molecule has 0 fully saturated rings. The van der Waals surface area contributed by atoms with E-state index in [2.05, 4.69) is 35.3 Å². The van der Waals surface area contributed by atoms with Gasteiger partial charge in [-0.05, 0) is 49.4 Å². The molecule has 34 heavy (non-hydrogen) atoms. The summed E-state index contributed by atoms with van der Waals surface area (Å²) in [6.45, 7) is 10.00. The van der Waals surface area contributed by atoms with E-state index in [1.54, 1.807) is 17.2 Å². The van der Waals surface area contributed by atoms with E-state index in [0.29, 0.717) is 18.1 Å². The predicted octanol–water partition coefficient (Wildman–Crippen LogP) is 4.65. The second-order valence-electron chi connectivity index (χ2n) is 9.16. The standard InChI is InChI=1S/C25H30N6O2Si/c1-19-5-9-21(10-6-19)31-23(17-24(29-31)34(2,3)4)28-25(32)27-20-7-11-22(12-8-20)33-16-15-30-14-13-26-18-30/h5-14,17-18H,15-16H2,1-4H3,(H2,27,28,32). The van der Waals surface area contributed by atoms with Gasteiger partial charge in [0.05, 0.1) is 18.6 Å². The van der Waals surface area contributed by atoms with E-state index in [4.69, 9.17) is 9.84 Å². The molecule has 0 aliphatic rings. The van der Waals surface area contributed by atoms with Crippen molar-refractivity contribution in [3.05, 3.63) is 78.9 Å². The molecule has 0 atom stereocenters. The number of amides is 2. The fraction of sp³-hybridized carbons (Fsp3) is 0.240. The van der Waals surface area contributed by atoms with Crippen LogP contribution in [-0.2, 0) is 6.54 Å². The molecule has 0 saturated carbocycles. The summed E-state index contributed by atoms with van der Waals surface area (Å²) in [4.78, 5) is 16.8. The van der Waals surface area contributed by atoms with Crippen LogP contribution in [0.2, 0.25) is 19.6 Å². The first-order chi connectivity index (χ1) is 16.3. The zero-order chi connectivity index (χ0) is 24.1. The quantitative estimate of drug-likeness (QED) is 0.364. The van der Waals surface area contributed by atoms with E-state index in [1.165, 1.54) is 5.56 Å². The maximum absolute atomic E-state index is 12.8. The molecule has 0 unspecified atom stereocenters. The first-order valence-corrected chi connectivity index (χ1v) is 14.7. The largest absolute Gasteiger partial charge is 0.492 e. The molecule has 4 aromatic rings. The third-order valence-corrected chi connectivity index (χ3v) is 7.07. The van der Waals surface area contributed by atoms with E-state index in [9.17, 15) is 4.79 Å². The molecule has 9 heteroatoms. The minimum atomic E-state index is -1.67. The van der Waals surface area contributed by atoms with Gasteiger partial charge in [0.2, 0.25) is 0 Å². The normalized spacial score (nSPS) is 11.3. The van der Waals surface area contributed by atoms with Crippen LogP contribution in [0.15, 0.2) is 73.3 Å². The molecule has 0 bridgehead atoms. The van der Waals surface area contributed by atoms with Crippen molar-refractivity contribution in [3.63, 3.8) is 0 Å². The number of nitrogens with zero attached hydrogens (tertiary/aromatic N) is 4. The highest BCUT2D eigenvalue weighted by Gasteiger charge is 2.23. The Bertz CT molecular complexity index is 1230. The number of carbonyl (C=O) groups excluding carboxylic acids is 1. The van der Waals surface area contributed by atoms with Crippen molar-refractivity contribution < 1.29 is 9.53 Å². The zero-order valence-corrected chi connectivity index (χ0v) is 20.9. The number of rotatable bonds is 8. The predicted molar refractivity (Wildman–Crippen MR) is 138 cm³/mol. The summed E-state index contributed by atoms with van der Waals surface area (Å²) >= 11 is 0. The van der Waals surface area contributed by atoms with Gasteiger partial charge in [-0.25, -0.2) is 14.5 Å². The van der Waals surface area contributed by atoms with E-state index in [1.807, 2.05) is 72.3 Å². The number of benzene rings is 2. The van der Waals surface area contributed by atoms with Crippen LogP contribution in [0.25, 0.3) is 5.69 Å². The molecular weight excluding hydrogens is 444 g/mol. The Hall–Kier alpha value is -3.85. The Morgan fingerprint density at radius 1 is 1.03 bits per heavy atom. The average Bonchev–Trinajstić information content (AvgIpc) is 3.46. The lowest BCUT2D eigenvalue weighted by Gasteiger charge is -2.11. The molecule has 0 spiro atoms. The van der Waals surface area contributed by atoms with Gasteiger partial charge in [0, 0.05) is 23.4 Å². The molecule has 2 aromatic heterocycles. The van der Waals surface area contributed by atoms with Crippen LogP contribution in [0.5, 0.6) is 5.75 Å². The summed E-state index contributed by atoms with van der Waals surface area (Å²) in [6.07, 6.45) is 5.39. The van der Waals surface area contributed by atoms with Crippen LogP contribution in [0, 0.1) is 6.92 Å². The number of ether oxygens (including phenoxy) is 1. The first-order valence-electron chi connectivity index (χ1n) is 11.2. The summed E-state index contributed by atoms with van der Waals surface area (Å²) < 4.78 is 9.51. The molecule has 2 N–H and O–H groups in total. The van der Waals surface area contributed by atoms with Gasteiger partial charge in [-0.2, -0.15) is 5.10 Å². The second-order valence-corrected chi connectivity index (χ2v) is 14.2. The number of carbonyl (C=O) groups is 1.